The second-order valence-electron chi connectivity index (χ2n) is 7.37. The second-order valence-corrected chi connectivity index (χ2v) is 7.37. The average Bonchev–Trinajstić information content (AvgIpc) is 2.99. The van der Waals surface area contributed by atoms with Crippen molar-refractivity contribution in [2.45, 2.75) is 13.0 Å². The Hall–Kier alpha value is -2.97. The third-order valence-corrected chi connectivity index (χ3v) is 5.41. The fourth-order valence-electron chi connectivity index (χ4n) is 3.78. The van der Waals surface area contributed by atoms with Gasteiger partial charge in [-0.15, -0.1) is 12.4 Å². The van der Waals surface area contributed by atoms with Gasteiger partial charge in [0.15, 0.2) is 5.78 Å². The van der Waals surface area contributed by atoms with E-state index >= 15 is 0 Å². The van der Waals surface area contributed by atoms with Gasteiger partial charge in [-0.2, -0.15) is 0 Å². The van der Waals surface area contributed by atoms with Crippen LogP contribution in [-0.4, -0.2) is 66.3 Å². The number of ketones is 1. The Morgan fingerprint density at radius 2 is 1.87 bits per heavy atom. The molecule has 7 nitrogen and oxygen atoms in total. The van der Waals surface area contributed by atoms with Crippen LogP contribution in [0.5, 0.6) is 5.75 Å². The highest BCUT2D eigenvalue weighted by molar-refractivity contribution is 6.21. The minimum absolute atomic E-state index is 0. The van der Waals surface area contributed by atoms with Crippen molar-refractivity contribution >= 4 is 35.8 Å². The van der Waals surface area contributed by atoms with E-state index in [1.807, 2.05) is 0 Å². The smallest absolute Gasteiger partial charge is 0.332 e. The van der Waals surface area contributed by atoms with Gasteiger partial charge in [-0.3, -0.25) is 14.5 Å². The number of hydrogen-bond donors (Lipinski definition) is 0. The van der Waals surface area contributed by atoms with Crippen molar-refractivity contribution in [3.05, 3.63) is 59.9 Å². The number of rotatable bonds is 6. The maximum atomic E-state index is 13.0. The number of hydrogen-bond acceptors (Lipinski definition) is 5. The summed E-state index contributed by atoms with van der Waals surface area (Å²) >= 11 is 0. The summed E-state index contributed by atoms with van der Waals surface area (Å²) in [6.07, 6.45) is 0. The lowest BCUT2D eigenvalue weighted by Gasteiger charge is -2.35. The van der Waals surface area contributed by atoms with Crippen LogP contribution in [0.1, 0.15) is 17.3 Å². The number of amides is 3. The molecule has 0 aliphatic carbocycles. The van der Waals surface area contributed by atoms with E-state index < -0.39 is 6.04 Å². The normalized spacial score (nSPS) is 18.6. The molecule has 2 aromatic carbocycles. The minimum atomic E-state index is -0.557. The Morgan fingerprint density at radius 3 is 2.58 bits per heavy atom. The number of carbonyl (C=O) groups excluding carboxylic acids is 3. The average molecular weight is 448 g/mol. The summed E-state index contributed by atoms with van der Waals surface area (Å²) in [5.41, 5.74) is 0.871. The molecule has 0 saturated carbocycles. The van der Waals surface area contributed by atoms with Crippen molar-refractivity contribution in [3.8, 4) is 5.75 Å². The molecule has 2 saturated heterocycles. The third kappa shape index (κ3) is 4.70. The molecular formula is C22H23ClFN3O4. The predicted octanol–water partition coefficient (Wildman–Crippen LogP) is 2.98. The number of urea groups is 1. The van der Waals surface area contributed by atoms with Crippen LogP contribution in [0, 0.1) is 5.82 Å². The number of ether oxygens (including phenoxy) is 1. The Kier molecular flexibility index (Phi) is 6.92. The lowest BCUT2D eigenvalue weighted by Crippen LogP contribution is -2.53. The van der Waals surface area contributed by atoms with Gasteiger partial charge in [-0.1, -0.05) is 12.1 Å². The molecule has 2 fully saturated rings. The molecule has 2 aliphatic heterocycles. The van der Waals surface area contributed by atoms with Crippen molar-refractivity contribution in [2.75, 3.05) is 37.7 Å². The zero-order valence-electron chi connectivity index (χ0n) is 17.0. The van der Waals surface area contributed by atoms with Gasteiger partial charge in [0.1, 0.15) is 24.2 Å². The first-order valence-electron chi connectivity index (χ1n) is 9.80. The molecule has 0 spiro atoms. The number of anilines is 1. The van der Waals surface area contributed by atoms with E-state index in [1.165, 1.54) is 19.1 Å². The summed E-state index contributed by atoms with van der Waals surface area (Å²) in [7, 11) is 0. The molecule has 2 aromatic rings. The van der Waals surface area contributed by atoms with Gasteiger partial charge in [0.2, 0.25) is 0 Å². The maximum absolute atomic E-state index is 13.0. The molecule has 1 atom stereocenters. The zero-order chi connectivity index (χ0) is 21.3. The Bertz CT molecular complexity index is 985. The largest absolute Gasteiger partial charge is 0.492 e. The van der Waals surface area contributed by atoms with Crippen LogP contribution < -0.4 is 9.64 Å². The van der Waals surface area contributed by atoms with Crippen molar-refractivity contribution in [2.24, 2.45) is 0 Å². The molecule has 2 heterocycles. The number of piperazine rings is 1. The highest BCUT2D eigenvalue weighted by Crippen LogP contribution is 2.28. The number of halogens is 2. The quantitative estimate of drug-likeness (QED) is 0.503. The summed E-state index contributed by atoms with van der Waals surface area (Å²) in [4.78, 5) is 42.3. The van der Waals surface area contributed by atoms with E-state index in [2.05, 4.69) is 4.90 Å². The number of carbonyl (C=O) groups is 3. The Balaban J connectivity index is 0.00000272. The van der Waals surface area contributed by atoms with E-state index in [0.717, 1.165) is 4.90 Å². The SMILES string of the molecule is CC(=O)c1cccc(N2C(=O)C3CN(CCOc4ccc(F)cc4)CCN3C2=O)c1.Cl. The van der Waals surface area contributed by atoms with Gasteiger partial charge in [0.25, 0.3) is 5.91 Å². The zero-order valence-corrected chi connectivity index (χ0v) is 17.8. The number of benzene rings is 2. The monoisotopic (exact) mass is 447 g/mol. The van der Waals surface area contributed by atoms with Gasteiger partial charge in [0.05, 0.1) is 5.69 Å². The van der Waals surface area contributed by atoms with Gasteiger partial charge in [-0.25, -0.2) is 14.1 Å². The summed E-state index contributed by atoms with van der Waals surface area (Å²) in [6.45, 7) is 3.91. The van der Waals surface area contributed by atoms with Crippen molar-refractivity contribution in [3.63, 3.8) is 0 Å². The van der Waals surface area contributed by atoms with E-state index in [4.69, 9.17) is 4.74 Å². The Morgan fingerprint density at radius 1 is 1.13 bits per heavy atom. The summed E-state index contributed by atoms with van der Waals surface area (Å²) in [5, 5.41) is 0. The molecule has 3 amide bonds. The van der Waals surface area contributed by atoms with Gasteiger partial charge in [-0.05, 0) is 43.3 Å². The van der Waals surface area contributed by atoms with Crippen molar-refractivity contribution in [1.82, 2.24) is 9.80 Å². The van der Waals surface area contributed by atoms with Gasteiger partial charge >= 0.3 is 6.03 Å². The molecule has 1 unspecified atom stereocenters. The number of Topliss-reactive ketones (excluding diaryl/α,β-unsaturated/α-hetero) is 1. The first-order chi connectivity index (χ1) is 14.4. The minimum Gasteiger partial charge on any atom is -0.492 e. The maximum Gasteiger partial charge on any atom is 0.332 e. The molecule has 0 bridgehead atoms. The van der Waals surface area contributed by atoms with Gasteiger partial charge < -0.3 is 9.64 Å². The van der Waals surface area contributed by atoms with Crippen LogP contribution >= 0.6 is 12.4 Å². The molecule has 0 N–H and O–H groups in total. The number of fused-ring (bicyclic) bond motifs is 1. The number of imide groups is 1. The topological polar surface area (TPSA) is 70.2 Å². The van der Waals surface area contributed by atoms with Crippen LogP contribution in [-0.2, 0) is 4.79 Å². The lowest BCUT2D eigenvalue weighted by molar-refractivity contribution is -0.121. The van der Waals surface area contributed by atoms with Crippen LogP contribution in [0.2, 0.25) is 0 Å². The van der Waals surface area contributed by atoms with Gasteiger partial charge in [0, 0.05) is 31.7 Å². The molecule has 0 radical (unpaired) electrons. The Labute approximate surface area is 185 Å². The second kappa shape index (κ2) is 9.45. The summed E-state index contributed by atoms with van der Waals surface area (Å²) in [5.74, 6) is -0.147. The first kappa shape index (κ1) is 22.7. The summed E-state index contributed by atoms with van der Waals surface area (Å²) < 4.78 is 18.6. The van der Waals surface area contributed by atoms with E-state index in [-0.39, 0.29) is 35.9 Å². The predicted molar refractivity (Wildman–Crippen MR) is 115 cm³/mol. The molecule has 164 valence electrons. The van der Waals surface area contributed by atoms with Crippen molar-refractivity contribution < 1.29 is 23.5 Å². The highest BCUT2D eigenvalue weighted by Gasteiger charge is 2.48. The van der Waals surface area contributed by atoms with Crippen LogP contribution in [0.4, 0.5) is 14.9 Å². The molecule has 2 aliphatic rings. The van der Waals surface area contributed by atoms with Crippen molar-refractivity contribution in [1.29, 1.82) is 0 Å². The molecule has 0 aromatic heterocycles. The first-order valence-corrected chi connectivity index (χ1v) is 9.80. The standard InChI is InChI=1S/C22H22FN3O4.ClH/c1-15(27)16-3-2-4-18(13-16)26-21(28)20-14-24(9-10-25(20)22(26)29)11-12-30-19-7-5-17(23)6-8-19;/h2-8,13,20H,9-12,14H2,1H3;1H. The molecule has 4 rings (SSSR count). The third-order valence-electron chi connectivity index (χ3n) is 5.41. The summed E-state index contributed by atoms with van der Waals surface area (Å²) in [6, 6.07) is 11.5. The fraction of sp³-hybridized carbons (Fsp3) is 0.318. The fourth-order valence-corrected chi connectivity index (χ4v) is 3.78. The van der Waals surface area contributed by atoms with E-state index in [9.17, 15) is 18.8 Å². The molecular weight excluding hydrogens is 425 g/mol. The van der Waals surface area contributed by atoms with Crippen LogP contribution in [0.3, 0.4) is 0 Å². The van der Waals surface area contributed by atoms with E-state index in [1.54, 1.807) is 41.3 Å². The molecule has 9 heteroatoms. The van der Waals surface area contributed by atoms with Crippen LogP contribution in [0.15, 0.2) is 48.5 Å². The highest BCUT2D eigenvalue weighted by atomic mass is 35.5. The number of nitrogens with zero attached hydrogens (tertiary/aromatic N) is 3. The van der Waals surface area contributed by atoms with Crippen LogP contribution in [0.25, 0.3) is 0 Å². The van der Waals surface area contributed by atoms with E-state index in [0.29, 0.717) is 49.8 Å². The lowest BCUT2D eigenvalue weighted by atomic mass is 10.1. The molecule has 31 heavy (non-hydrogen) atoms.